The van der Waals surface area contributed by atoms with E-state index in [1.54, 1.807) is 0 Å². The maximum absolute atomic E-state index is 12.6. The number of para-hydroxylation sites is 1. The Hall–Kier alpha value is -1.92. The van der Waals surface area contributed by atoms with Gasteiger partial charge in [-0.05, 0) is 13.1 Å². The number of hydrogen-bond acceptors (Lipinski definition) is 4. The fourth-order valence-electron chi connectivity index (χ4n) is 2.53. The summed E-state index contributed by atoms with van der Waals surface area (Å²) in [5.74, 6) is -0.0353. The molecule has 1 saturated heterocycles. The zero-order valence-corrected chi connectivity index (χ0v) is 11.4. The maximum Gasteiger partial charge on any atom is 0.275 e. The number of rotatable bonds is 3. The van der Waals surface area contributed by atoms with Crippen LogP contribution in [0.15, 0.2) is 24.3 Å². The highest BCUT2D eigenvalue weighted by Crippen LogP contribution is 2.18. The van der Waals surface area contributed by atoms with E-state index in [1.807, 2.05) is 36.2 Å². The maximum atomic E-state index is 12.6. The quantitative estimate of drug-likeness (QED) is 0.861. The first-order chi connectivity index (χ1) is 9.79. The van der Waals surface area contributed by atoms with Crippen molar-refractivity contribution in [3.8, 4) is 0 Å². The second kappa shape index (κ2) is 5.60. The Kier molecular flexibility index (Phi) is 3.66. The highest BCUT2D eigenvalue weighted by molar-refractivity contribution is 6.04. The Morgan fingerprint density at radius 1 is 1.55 bits per heavy atom. The van der Waals surface area contributed by atoms with Crippen molar-refractivity contribution in [3.05, 3.63) is 30.0 Å². The van der Waals surface area contributed by atoms with E-state index in [0.717, 1.165) is 17.4 Å². The number of nitrogens with zero attached hydrogens (tertiary/aromatic N) is 2. The van der Waals surface area contributed by atoms with E-state index < -0.39 is 0 Å². The number of fused-ring (bicyclic) bond motifs is 1. The number of H-pyrrole nitrogens is 1. The average Bonchev–Trinajstić information content (AvgIpc) is 2.91. The number of nitrogens with one attached hydrogen (secondary N) is 2. The number of amides is 1. The molecule has 0 bridgehead atoms. The zero-order valence-electron chi connectivity index (χ0n) is 11.4. The van der Waals surface area contributed by atoms with Gasteiger partial charge in [0.25, 0.3) is 5.91 Å². The predicted molar refractivity (Wildman–Crippen MR) is 75.7 cm³/mol. The largest absolute Gasteiger partial charge is 0.373 e. The van der Waals surface area contributed by atoms with Gasteiger partial charge in [-0.2, -0.15) is 5.10 Å². The van der Waals surface area contributed by atoms with Gasteiger partial charge in [0.15, 0.2) is 5.69 Å². The highest BCUT2D eigenvalue weighted by Gasteiger charge is 2.26. The van der Waals surface area contributed by atoms with Gasteiger partial charge < -0.3 is 15.0 Å². The Bertz CT molecular complexity index is 608. The fraction of sp³-hybridized carbons (Fsp3) is 0.429. The standard InChI is InChI=1S/C14H18N4O2/c1-15-8-10-9-18(6-7-20-10)14(19)13-11-4-2-3-5-12(11)16-17-13/h2-5,10,15H,6-9H2,1H3,(H,16,17). The third kappa shape index (κ3) is 2.39. The van der Waals surface area contributed by atoms with Crippen molar-refractivity contribution in [1.82, 2.24) is 20.4 Å². The second-order valence-electron chi connectivity index (χ2n) is 4.92. The number of aromatic nitrogens is 2. The summed E-state index contributed by atoms with van der Waals surface area (Å²) in [5.41, 5.74) is 1.38. The van der Waals surface area contributed by atoms with Crippen LogP contribution in [-0.4, -0.2) is 60.4 Å². The van der Waals surface area contributed by atoms with Gasteiger partial charge in [0.1, 0.15) is 0 Å². The minimum absolute atomic E-state index is 0.0353. The van der Waals surface area contributed by atoms with E-state index in [-0.39, 0.29) is 12.0 Å². The molecule has 1 aromatic heterocycles. The van der Waals surface area contributed by atoms with E-state index in [4.69, 9.17) is 4.74 Å². The Morgan fingerprint density at radius 2 is 2.40 bits per heavy atom. The van der Waals surface area contributed by atoms with Gasteiger partial charge in [-0.1, -0.05) is 18.2 Å². The molecule has 106 valence electrons. The van der Waals surface area contributed by atoms with Crippen LogP contribution in [0.25, 0.3) is 10.9 Å². The smallest absolute Gasteiger partial charge is 0.275 e. The molecule has 2 heterocycles. The van der Waals surface area contributed by atoms with Crippen molar-refractivity contribution < 1.29 is 9.53 Å². The van der Waals surface area contributed by atoms with E-state index in [0.29, 0.717) is 25.4 Å². The third-order valence-corrected chi connectivity index (χ3v) is 3.53. The van der Waals surface area contributed by atoms with Crippen LogP contribution < -0.4 is 5.32 Å². The lowest BCUT2D eigenvalue weighted by Crippen LogP contribution is -2.48. The Balaban J connectivity index is 1.81. The van der Waals surface area contributed by atoms with Gasteiger partial charge >= 0.3 is 0 Å². The minimum Gasteiger partial charge on any atom is -0.373 e. The van der Waals surface area contributed by atoms with Gasteiger partial charge in [0.05, 0.1) is 18.2 Å². The first-order valence-corrected chi connectivity index (χ1v) is 6.78. The molecular formula is C14H18N4O2. The van der Waals surface area contributed by atoms with Crippen molar-refractivity contribution in [3.63, 3.8) is 0 Å². The van der Waals surface area contributed by atoms with E-state index in [9.17, 15) is 4.79 Å². The molecular weight excluding hydrogens is 256 g/mol. The summed E-state index contributed by atoms with van der Waals surface area (Å²) in [7, 11) is 1.88. The van der Waals surface area contributed by atoms with E-state index in [2.05, 4.69) is 15.5 Å². The fourth-order valence-corrected chi connectivity index (χ4v) is 2.53. The van der Waals surface area contributed by atoms with E-state index in [1.165, 1.54) is 0 Å². The molecule has 1 atom stereocenters. The lowest BCUT2D eigenvalue weighted by Gasteiger charge is -2.32. The van der Waals surface area contributed by atoms with Crippen molar-refractivity contribution in [2.45, 2.75) is 6.10 Å². The molecule has 1 unspecified atom stereocenters. The molecule has 2 aromatic rings. The van der Waals surface area contributed by atoms with Gasteiger partial charge in [-0.25, -0.2) is 0 Å². The molecule has 6 nitrogen and oxygen atoms in total. The first-order valence-electron chi connectivity index (χ1n) is 6.78. The topological polar surface area (TPSA) is 70.2 Å². The van der Waals surface area contributed by atoms with Crippen molar-refractivity contribution in [2.75, 3.05) is 33.3 Å². The SMILES string of the molecule is CNCC1CN(C(=O)c2n[nH]c3ccccc23)CCO1. The average molecular weight is 274 g/mol. The molecule has 2 N–H and O–H groups in total. The van der Waals surface area contributed by atoms with E-state index >= 15 is 0 Å². The number of ether oxygens (including phenoxy) is 1. The van der Waals surface area contributed by atoms with Gasteiger partial charge in [0, 0.05) is 25.0 Å². The zero-order chi connectivity index (χ0) is 13.9. The highest BCUT2D eigenvalue weighted by atomic mass is 16.5. The van der Waals surface area contributed by atoms with Gasteiger partial charge in [-0.15, -0.1) is 0 Å². The number of benzene rings is 1. The van der Waals surface area contributed by atoms with Gasteiger partial charge in [0.2, 0.25) is 0 Å². The summed E-state index contributed by atoms with van der Waals surface area (Å²) in [6.45, 7) is 2.52. The van der Waals surface area contributed by atoms with Crippen LogP contribution in [-0.2, 0) is 4.74 Å². The minimum atomic E-state index is -0.0353. The molecule has 0 saturated carbocycles. The van der Waals surface area contributed by atoms with Crippen LogP contribution in [0, 0.1) is 0 Å². The van der Waals surface area contributed by atoms with Crippen LogP contribution in [0.4, 0.5) is 0 Å². The predicted octanol–water partition coefficient (Wildman–Crippen LogP) is 0.623. The Labute approximate surface area is 117 Å². The number of aromatic amines is 1. The molecule has 1 aliphatic heterocycles. The lowest BCUT2D eigenvalue weighted by atomic mass is 10.2. The van der Waals surface area contributed by atoms with Crippen LogP contribution in [0.5, 0.6) is 0 Å². The number of carbonyl (C=O) groups excluding carboxylic acids is 1. The number of morpholine rings is 1. The molecule has 1 aromatic carbocycles. The molecule has 0 aliphatic carbocycles. The molecule has 0 spiro atoms. The van der Waals surface area contributed by atoms with Crippen LogP contribution in [0.2, 0.25) is 0 Å². The van der Waals surface area contributed by atoms with Crippen LogP contribution in [0.1, 0.15) is 10.5 Å². The molecule has 3 rings (SSSR count). The summed E-state index contributed by atoms with van der Waals surface area (Å²) in [6.07, 6.45) is 0.0444. The molecule has 1 aliphatic rings. The summed E-state index contributed by atoms with van der Waals surface area (Å²) in [6, 6.07) is 7.67. The molecule has 0 radical (unpaired) electrons. The number of hydrogen-bond donors (Lipinski definition) is 2. The lowest BCUT2D eigenvalue weighted by molar-refractivity contribution is -0.0197. The van der Waals surface area contributed by atoms with Crippen molar-refractivity contribution >= 4 is 16.8 Å². The third-order valence-electron chi connectivity index (χ3n) is 3.53. The van der Waals surface area contributed by atoms with Gasteiger partial charge in [-0.3, -0.25) is 9.89 Å². The number of likely N-dealkylation sites (N-methyl/N-ethyl adjacent to an activating group) is 1. The van der Waals surface area contributed by atoms with Crippen LogP contribution in [0.3, 0.4) is 0 Å². The molecule has 20 heavy (non-hydrogen) atoms. The summed E-state index contributed by atoms with van der Waals surface area (Å²) >= 11 is 0. The van der Waals surface area contributed by atoms with Crippen molar-refractivity contribution in [2.24, 2.45) is 0 Å². The summed E-state index contributed by atoms with van der Waals surface area (Å²) in [5, 5.41) is 11.0. The molecule has 1 amide bonds. The monoisotopic (exact) mass is 274 g/mol. The summed E-state index contributed by atoms with van der Waals surface area (Å²) < 4.78 is 5.62. The van der Waals surface area contributed by atoms with Crippen molar-refractivity contribution in [1.29, 1.82) is 0 Å². The van der Waals surface area contributed by atoms with Crippen LogP contribution >= 0.6 is 0 Å². The molecule has 6 heteroatoms. The normalized spacial score (nSPS) is 19.4. The molecule has 1 fully saturated rings. The first kappa shape index (κ1) is 13.1. The number of carbonyl (C=O) groups is 1. The second-order valence-corrected chi connectivity index (χ2v) is 4.92. The Morgan fingerprint density at radius 3 is 3.25 bits per heavy atom. The summed E-state index contributed by atoms with van der Waals surface area (Å²) in [4.78, 5) is 14.4.